The molecule has 0 aliphatic rings. The molecule has 0 saturated carbocycles. The lowest BCUT2D eigenvalue weighted by Gasteiger charge is -2.18. The smallest absolute Gasteiger partial charge is 0.268 e. The summed E-state index contributed by atoms with van der Waals surface area (Å²) in [4.78, 5) is 25.9. The van der Waals surface area contributed by atoms with Gasteiger partial charge in [0, 0.05) is 11.6 Å². The van der Waals surface area contributed by atoms with E-state index in [1.54, 1.807) is 24.3 Å². The lowest BCUT2D eigenvalue weighted by atomic mass is 10.1. The average molecular weight is 463 g/mol. The van der Waals surface area contributed by atoms with Crippen LogP contribution in [0.2, 0.25) is 0 Å². The Morgan fingerprint density at radius 3 is 2.35 bits per heavy atom. The maximum Gasteiger partial charge on any atom is 0.268 e. The van der Waals surface area contributed by atoms with E-state index in [0.717, 1.165) is 11.1 Å². The fourth-order valence-electron chi connectivity index (χ4n) is 3.27. The Balaban J connectivity index is 1.80. The molecule has 178 valence electrons. The highest BCUT2D eigenvalue weighted by Gasteiger charge is 2.19. The molecule has 0 bridgehead atoms. The minimum atomic E-state index is -0.448. The van der Waals surface area contributed by atoms with Crippen molar-refractivity contribution >= 4 is 17.9 Å². The van der Waals surface area contributed by atoms with Gasteiger partial charge < -0.3 is 24.5 Å². The first-order valence-corrected chi connectivity index (χ1v) is 11.2. The number of aryl methyl sites for hydroxylation is 1. The van der Waals surface area contributed by atoms with Crippen LogP contribution >= 0.6 is 0 Å². The summed E-state index contributed by atoms with van der Waals surface area (Å²) in [6.07, 6.45) is 3.00. The number of furan rings is 1. The van der Waals surface area contributed by atoms with Gasteiger partial charge in [-0.1, -0.05) is 23.8 Å². The van der Waals surface area contributed by atoms with E-state index in [9.17, 15) is 9.59 Å². The zero-order valence-electron chi connectivity index (χ0n) is 19.9. The van der Waals surface area contributed by atoms with Crippen molar-refractivity contribution in [2.75, 3.05) is 13.2 Å². The highest BCUT2D eigenvalue weighted by molar-refractivity contribution is 6.05. The molecule has 0 saturated heterocycles. The van der Waals surface area contributed by atoms with E-state index in [-0.39, 0.29) is 17.6 Å². The Labute approximate surface area is 199 Å². The lowest BCUT2D eigenvalue weighted by Crippen LogP contribution is -2.36. The van der Waals surface area contributed by atoms with E-state index in [0.29, 0.717) is 36.0 Å². The topological polar surface area (TPSA) is 89.8 Å². The van der Waals surface area contributed by atoms with Gasteiger partial charge in [0.2, 0.25) is 0 Å². The van der Waals surface area contributed by atoms with Crippen LogP contribution in [0.3, 0.4) is 0 Å². The van der Waals surface area contributed by atoms with Gasteiger partial charge >= 0.3 is 0 Å². The molecular weight excluding hydrogens is 432 g/mol. The normalized spacial score (nSPS) is 12.1. The second-order valence-corrected chi connectivity index (χ2v) is 7.66. The van der Waals surface area contributed by atoms with E-state index >= 15 is 0 Å². The molecule has 0 aliphatic heterocycles. The van der Waals surface area contributed by atoms with Gasteiger partial charge in [-0.25, -0.2) is 0 Å². The molecule has 0 spiro atoms. The second-order valence-electron chi connectivity index (χ2n) is 7.66. The van der Waals surface area contributed by atoms with E-state index in [1.165, 1.54) is 12.3 Å². The summed E-state index contributed by atoms with van der Waals surface area (Å²) < 4.78 is 16.7. The summed E-state index contributed by atoms with van der Waals surface area (Å²) in [7, 11) is 0. The predicted octanol–water partition coefficient (Wildman–Crippen LogP) is 5.03. The largest absolute Gasteiger partial charge is 0.490 e. The molecule has 0 aliphatic carbocycles. The molecule has 2 amide bonds. The number of hydrogen-bond donors (Lipinski definition) is 2. The van der Waals surface area contributed by atoms with Crippen LogP contribution in [0.1, 0.15) is 54.1 Å². The first kappa shape index (κ1) is 24.6. The van der Waals surface area contributed by atoms with Gasteiger partial charge in [0.15, 0.2) is 11.5 Å². The standard InChI is InChI=1S/C27H30N2O5/c1-5-32-24-14-13-21(16-25(24)33-6-2)19(4)28-27(31)23(17-22-8-7-15-34-22)29-26(30)20-11-9-18(3)10-12-20/h7-17,19H,5-6H2,1-4H3,(H,28,31)(H,29,30)/b23-17-. The number of carbonyl (C=O) groups excluding carboxylic acids is 2. The maximum absolute atomic E-state index is 13.2. The van der Waals surface area contributed by atoms with Crippen molar-refractivity contribution in [2.45, 2.75) is 33.7 Å². The highest BCUT2D eigenvalue weighted by Crippen LogP contribution is 2.30. The minimum Gasteiger partial charge on any atom is -0.490 e. The van der Waals surface area contributed by atoms with Crippen molar-refractivity contribution < 1.29 is 23.5 Å². The Morgan fingerprint density at radius 1 is 1.00 bits per heavy atom. The molecule has 7 nitrogen and oxygen atoms in total. The molecule has 1 atom stereocenters. The maximum atomic E-state index is 13.2. The van der Waals surface area contributed by atoms with E-state index in [4.69, 9.17) is 13.9 Å². The number of nitrogens with one attached hydrogen (secondary N) is 2. The molecule has 0 radical (unpaired) electrons. The Hall–Kier alpha value is -4.00. The number of benzene rings is 2. The van der Waals surface area contributed by atoms with E-state index < -0.39 is 5.91 Å². The first-order chi connectivity index (χ1) is 16.4. The highest BCUT2D eigenvalue weighted by atomic mass is 16.5. The summed E-state index contributed by atoms with van der Waals surface area (Å²) in [6.45, 7) is 8.62. The zero-order valence-corrected chi connectivity index (χ0v) is 19.9. The molecule has 0 fully saturated rings. The molecule has 1 heterocycles. The number of rotatable bonds is 10. The molecule has 34 heavy (non-hydrogen) atoms. The lowest BCUT2D eigenvalue weighted by molar-refractivity contribution is -0.118. The number of amides is 2. The average Bonchev–Trinajstić information content (AvgIpc) is 3.33. The third-order valence-corrected chi connectivity index (χ3v) is 5.05. The van der Waals surface area contributed by atoms with Crippen molar-refractivity contribution in [1.29, 1.82) is 0 Å². The van der Waals surface area contributed by atoms with E-state index in [1.807, 2.05) is 58.0 Å². The molecule has 2 N–H and O–H groups in total. The van der Waals surface area contributed by atoms with Crippen LogP contribution in [0.5, 0.6) is 11.5 Å². The van der Waals surface area contributed by atoms with Crippen molar-refractivity contribution in [3.63, 3.8) is 0 Å². The molecule has 7 heteroatoms. The van der Waals surface area contributed by atoms with Gasteiger partial charge in [-0.15, -0.1) is 0 Å². The molecule has 3 aromatic rings. The molecule has 3 rings (SSSR count). The second kappa shape index (κ2) is 11.7. The van der Waals surface area contributed by atoms with Crippen LogP contribution < -0.4 is 20.1 Å². The Bertz CT molecular complexity index is 1130. The third kappa shape index (κ3) is 6.51. The van der Waals surface area contributed by atoms with Gasteiger partial charge in [0.25, 0.3) is 11.8 Å². The quantitative estimate of drug-likeness (QED) is 0.412. The van der Waals surface area contributed by atoms with Crippen LogP contribution in [0, 0.1) is 6.92 Å². The summed E-state index contributed by atoms with van der Waals surface area (Å²) in [5.41, 5.74) is 2.40. The summed E-state index contributed by atoms with van der Waals surface area (Å²) in [6, 6.07) is 15.7. The predicted molar refractivity (Wildman–Crippen MR) is 131 cm³/mol. The Kier molecular flexibility index (Phi) is 8.51. The minimum absolute atomic E-state index is 0.0725. The van der Waals surface area contributed by atoms with Gasteiger partial charge in [0.05, 0.1) is 25.5 Å². The first-order valence-electron chi connectivity index (χ1n) is 11.2. The SMILES string of the molecule is CCOc1ccc(C(C)NC(=O)/C(=C/c2ccco2)NC(=O)c2ccc(C)cc2)cc1OCC. The zero-order chi connectivity index (χ0) is 24.5. The summed E-state index contributed by atoms with van der Waals surface area (Å²) in [5, 5.41) is 5.65. The van der Waals surface area contributed by atoms with Gasteiger partial charge in [0.1, 0.15) is 11.5 Å². The van der Waals surface area contributed by atoms with Crippen LogP contribution in [0.4, 0.5) is 0 Å². The summed E-state index contributed by atoms with van der Waals surface area (Å²) >= 11 is 0. The van der Waals surface area contributed by atoms with Crippen molar-refractivity contribution in [3.05, 3.63) is 89.0 Å². The fourth-order valence-corrected chi connectivity index (χ4v) is 3.27. The molecular formula is C27H30N2O5. The number of hydrogen-bond acceptors (Lipinski definition) is 5. The van der Waals surface area contributed by atoms with Gasteiger partial charge in [-0.2, -0.15) is 0 Å². The Morgan fingerprint density at radius 2 is 1.71 bits per heavy atom. The van der Waals surface area contributed by atoms with Crippen LogP contribution in [0.25, 0.3) is 6.08 Å². The van der Waals surface area contributed by atoms with E-state index in [2.05, 4.69) is 10.6 Å². The summed E-state index contributed by atoms with van der Waals surface area (Å²) in [5.74, 6) is 0.871. The molecule has 1 aromatic heterocycles. The number of carbonyl (C=O) groups is 2. The van der Waals surface area contributed by atoms with Crippen molar-refractivity contribution in [1.82, 2.24) is 10.6 Å². The monoisotopic (exact) mass is 462 g/mol. The van der Waals surface area contributed by atoms with Gasteiger partial charge in [-0.05, 0) is 69.7 Å². The van der Waals surface area contributed by atoms with Crippen molar-refractivity contribution in [2.24, 2.45) is 0 Å². The van der Waals surface area contributed by atoms with Crippen LogP contribution in [0.15, 0.2) is 71.0 Å². The van der Waals surface area contributed by atoms with Crippen LogP contribution in [-0.4, -0.2) is 25.0 Å². The van der Waals surface area contributed by atoms with Gasteiger partial charge in [-0.3, -0.25) is 9.59 Å². The fraction of sp³-hybridized carbons (Fsp3) is 0.259. The third-order valence-electron chi connectivity index (χ3n) is 5.05. The molecule has 2 aromatic carbocycles. The molecule has 1 unspecified atom stereocenters. The van der Waals surface area contributed by atoms with Crippen molar-refractivity contribution in [3.8, 4) is 11.5 Å². The number of ether oxygens (including phenoxy) is 2. The van der Waals surface area contributed by atoms with Crippen LogP contribution in [-0.2, 0) is 4.79 Å².